The molecule has 0 saturated carbocycles. The lowest BCUT2D eigenvalue weighted by atomic mass is 10.0. The standard InChI is InChI=1S/C26H32N4O2S/c1-5-13-28-18-20-7-11-23(12-8-20)32-15-6-14-29-25(33)30(24(31)26(29,3)4)22-10-9-21(17-27)19(2)16-22/h7-12,16,28H,5-6,13-15,18H2,1-4H3. The number of carbonyl (C=O) groups is 1. The summed E-state index contributed by atoms with van der Waals surface area (Å²) in [5, 5.41) is 13.1. The first-order valence-electron chi connectivity index (χ1n) is 11.4. The van der Waals surface area contributed by atoms with Crippen molar-refractivity contribution in [1.82, 2.24) is 10.2 Å². The number of hydrogen-bond donors (Lipinski definition) is 1. The predicted octanol–water partition coefficient (Wildman–Crippen LogP) is 4.55. The normalized spacial score (nSPS) is 15.1. The van der Waals surface area contributed by atoms with Gasteiger partial charge in [0.2, 0.25) is 0 Å². The number of benzene rings is 2. The molecule has 1 N–H and O–H groups in total. The largest absolute Gasteiger partial charge is 0.494 e. The van der Waals surface area contributed by atoms with E-state index in [2.05, 4.69) is 30.4 Å². The summed E-state index contributed by atoms with van der Waals surface area (Å²) in [5.41, 5.74) is 2.60. The van der Waals surface area contributed by atoms with Crippen LogP contribution < -0.4 is 15.0 Å². The number of carbonyl (C=O) groups excluding carboxylic acids is 1. The van der Waals surface area contributed by atoms with Gasteiger partial charge >= 0.3 is 0 Å². The number of nitriles is 1. The highest BCUT2D eigenvalue weighted by Crippen LogP contribution is 2.33. The van der Waals surface area contributed by atoms with Crippen LogP contribution in [0.5, 0.6) is 5.75 Å². The van der Waals surface area contributed by atoms with Crippen molar-refractivity contribution < 1.29 is 9.53 Å². The molecule has 6 nitrogen and oxygen atoms in total. The van der Waals surface area contributed by atoms with E-state index in [1.165, 1.54) is 5.56 Å². The molecular weight excluding hydrogens is 432 g/mol. The maximum atomic E-state index is 13.2. The monoisotopic (exact) mass is 464 g/mol. The fraction of sp³-hybridized carbons (Fsp3) is 0.423. The van der Waals surface area contributed by atoms with Crippen molar-refractivity contribution in [1.29, 1.82) is 5.26 Å². The van der Waals surface area contributed by atoms with Crippen molar-refractivity contribution in [2.24, 2.45) is 0 Å². The number of nitrogens with zero attached hydrogens (tertiary/aromatic N) is 3. The van der Waals surface area contributed by atoms with Gasteiger partial charge in [-0.25, -0.2) is 0 Å². The van der Waals surface area contributed by atoms with Gasteiger partial charge in [-0.2, -0.15) is 5.26 Å². The molecule has 0 bridgehead atoms. The first-order chi connectivity index (χ1) is 15.8. The summed E-state index contributed by atoms with van der Waals surface area (Å²) in [6.45, 7) is 10.8. The van der Waals surface area contributed by atoms with Gasteiger partial charge in [0.15, 0.2) is 5.11 Å². The summed E-state index contributed by atoms with van der Waals surface area (Å²) in [4.78, 5) is 16.7. The highest BCUT2D eigenvalue weighted by Gasteiger charge is 2.49. The molecule has 0 unspecified atom stereocenters. The molecule has 3 rings (SSSR count). The minimum atomic E-state index is -0.744. The van der Waals surface area contributed by atoms with E-state index in [4.69, 9.17) is 17.0 Å². The van der Waals surface area contributed by atoms with Gasteiger partial charge in [-0.3, -0.25) is 9.69 Å². The molecule has 1 aliphatic heterocycles. The topological polar surface area (TPSA) is 68.6 Å². The van der Waals surface area contributed by atoms with E-state index in [1.807, 2.05) is 43.9 Å². The number of thiocarbonyl (C=S) groups is 1. The highest BCUT2D eigenvalue weighted by atomic mass is 32.1. The third-order valence-corrected chi connectivity index (χ3v) is 6.29. The lowest BCUT2D eigenvalue weighted by Crippen LogP contribution is -2.44. The van der Waals surface area contributed by atoms with Crippen molar-refractivity contribution >= 4 is 28.9 Å². The van der Waals surface area contributed by atoms with Crippen LogP contribution in [0.3, 0.4) is 0 Å². The molecular formula is C26H32N4O2S. The van der Waals surface area contributed by atoms with E-state index in [-0.39, 0.29) is 5.91 Å². The summed E-state index contributed by atoms with van der Waals surface area (Å²) < 4.78 is 5.91. The Morgan fingerprint density at radius 2 is 1.91 bits per heavy atom. The number of rotatable bonds is 10. The molecule has 2 aromatic carbocycles. The molecule has 0 atom stereocenters. The van der Waals surface area contributed by atoms with E-state index in [9.17, 15) is 10.1 Å². The lowest BCUT2D eigenvalue weighted by molar-refractivity contribution is -0.123. The van der Waals surface area contributed by atoms with Crippen molar-refractivity contribution in [2.75, 3.05) is 24.6 Å². The fourth-order valence-electron chi connectivity index (χ4n) is 3.88. The highest BCUT2D eigenvalue weighted by molar-refractivity contribution is 7.80. The van der Waals surface area contributed by atoms with Crippen LogP contribution in [0.1, 0.15) is 50.3 Å². The van der Waals surface area contributed by atoms with E-state index in [0.717, 1.165) is 37.2 Å². The molecule has 0 aromatic heterocycles. The van der Waals surface area contributed by atoms with E-state index in [0.29, 0.717) is 29.5 Å². The van der Waals surface area contributed by atoms with Crippen molar-refractivity contribution in [3.05, 3.63) is 59.2 Å². The zero-order valence-electron chi connectivity index (χ0n) is 19.9. The summed E-state index contributed by atoms with van der Waals surface area (Å²) in [6.07, 6.45) is 1.85. The Morgan fingerprint density at radius 1 is 1.18 bits per heavy atom. The summed E-state index contributed by atoms with van der Waals surface area (Å²) in [5.74, 6) is 0.771. The Hall–Kier alpha value is -2.95. The molecule has 1 saturated heterocycles. The van der Waals surface area contributed by atoms with Gasteiger partial charge in [0.1, 0.15) is 11.3 Å². The molecule has 1 heterocycles. The molecule has 2 aromatic rings. The Labute approximate surface area is 202 Å². The van der Waals surface area contributed by atoms with Crippen LogP contribution in [0.4, 0.5) is 5.69 Å². The van der Waals surface area contributed by atoms with Crippen LogP contribution in [-0.2, 0) is 11.3 Å². The van der Waals surface area contributed by atoms with Gasteiger partial charge in [-0.05, 0) is 93.8 Å². The Balaban J connectivity index is 1.57. The van der Waals surface area contributed by atoms with Crippen LogP contribution in [0.25, 0.3) is 0 Å². The summed E-state index contributed by atoms with van der Waals surface area (Å²) >= 11 is 5.69. The average molecular weight is 465 g/mol. The van der Waals surface area contributed by atoms with Crippen LogP contribution in [0.2, 0.25) is 0 Å². The van der Waals surface area contributed by atoms with Gasteiger partial charge in [0.05, 0.1) is 23.9 Å². The summed E-state index contributed by atoms with van der Waals surface area (Å²) in [7, 11) is 0. The number of ether oxygens (including phenoxy) is 1. The van der Waals surface area contributed by atoms with Crippen molar-refractivity contribution in [3.63, 3.8) is 0 Å². The second kappa shape index (κ2) is 10.8. The second-order valence-corrected chi connectivity index (χ2v) is 9.13. The number of anilines is 1. The van der Waals surface area contributed by atoms with Crippen LogP contribution in [0, 0.1) is 18.3 Å². The minimum Gasteiger partial charge on any atom is -0.494 e. The molecule has 174 valence electrons. The zero-order valence-corrected chi connectivity index (χ0v) is 20.7. The first kappa shape index (κ1) is 24.7. The predicted molar refractivity (Wildman–Crippen MR) is 135 cm³/mol. The summed E-state index contributed by atoms with van der Waals surface area (Å²) in [6, 6.07) is 15.6. The molecule has 1 fully saturated rings. The SMILES string of the molecule is CCCNCc1ccc(OCCCN2C(=S)N(c3ccc(C#N)c(C)c3)C(=O)C2(C)C)cc1. The van der Waals surface area contributed by atoms with E-state index < -0.39 is 5.54 Å². The van der Waals surface area contributed by atoms with Crippen LogP contribution in [-0.4, -0.2) is 41.2 Å². The third kappa shape index (κ3) is 5.52. The smallest absolute Gasteiger partial charge is 0.258 e. The molecule has 1 amide bonds. The molecule has 1 aliphatic rings. The number of amides is 1. The van der Waals surface area contributed by atoms with Gasteiger partial charge in [0.25, 0.3) is 5.91 Å². The molecule has 0 radical (unpaired) electrons. The number of nitrogens with one attached hydrogen (secondary N) is 1. The maximum Gasteiger partial charge on any atom is 0.258 e. The maximum absolute atomic E-state index is 13.2. The Morgan fingerprint density at radius 3 is 2.55 bits per heavy atom. The van der Waals surface area contributed by atoms with E-state index >= 15 is 0 Å². The van der Waals surface area contributed by atoms with Crippen LogP contribution in [0.15, 0.2) is 42.5 Å². The van der Waals surface area contributed by atoms with Crippen LogP contribution >= 0.6 is 12.2 Å². The molecule has 0 aliphatic carbocycles. The molecule has 0 spiro atoms. The van der Waals surface area contributed by atoms with Gasteiger partial charge in [-0.1, -0.05) is 19.1 Å². The quantitative estimate of drug-likeness (QED) is 0.411. The minimum absolute atomic E-state index is 0.0650. The van der Waals surface area contributed by atoms with E-state index in [1.54, 1.807) is 17.0 Å². The van der Waals surface area contributed by atoms with Gasteiger partial charge in [0, 0.05) is 13.1 Å². The first-order valence-corrected chi connectivity index (χ1v) is 11.8. The number of aryl methyl sites for hydroxylation is 1. The van der Waals surface area contributed by atoms with Crippen molar-refractivity contribution in [3.8, 4) is 11.8 Å². The van der Waals surface area contributed by atoms with Gasteiger partial charge in [-0.15, -0.1) is 0 Å². The number of hydrogen-bond acceptors (Lipinski definition) is 5. The lowest BCUT2D eigenvalue weighted by Gasteiger charge is -2.29. The Bertz CT molecular complexity index is 1040. The zero-order chi connectivity index (χ0) is 24.0. The fourth-order valence-corrected chi connectivity index (χ4v) is 4.38. The Kier molecular flexibility index (Phi) is 8.06. The van der Waals surface area contributed by atoms with Crippen molar-refractivity contribution in [2.45, 2.75) is 52.6 Å². The van der Waals surface area contributed by atoms with Gasteiger partial charge < -0.3 is 15.0 Å². The third-order valence-electron chi connectivity index (χ3n) is 5.89. The molecule has 33 heavy (non-hydrogen) atoms. The molecule has 7 heteroatoms. The average Bonchev–Trinajstić information content (AvgIpc) is 2.96. The second-order valence-electron chi connectivity index (χ2n) is 8.77.